The molecule has 1 aromatic heterocycles. The van der Waals surface area contributed by atoms with Crippen LogP contribution in [-0.4, -0.2) is 9.55 Å². The van der Waals surface area contributed by atoms with E-state index in [2.05, 4.69) is 18.8 Å². The molecule has 0 radical (unpaired) electrons. The van der Waals surface area contributed by atoms with Gasteiger partial charge in [0.1, 0.15) is 5.15 Å². The molecule has 4 nitrogen and oxygen atoms in total. The van der Waals surface area contributed by atoms with Gasteiger partial charge >= 0.3 is 5.69 Å². The summed E-state index contributed by atoms with van der Waals surface area (Å²) in [5.41, 5.74) is -0.378. The molecule has 2 unspecified atom stereocenters. The fourth-order valence-corrected chi connectivity index (χ4v) is 6.73. The first-order valence-corrected chi connectivity index (χ1v) is 8.13. The minimum atomic E-state index is -0.346. The van der Waals surface area contributed by atoms with Crippen molar-refractivity contribution in [3.05, 3.63) is 32.1 Å². The van der Waals surface area contributed by atoms with Gasteiger partial charge < -0.3 is 0 Å². The summed E-state index contributed by atoms with van der Waals surface area (Å²) in [7, 11) is 0. The third-order valence-corrected chi connectivity index (χ3v) is 6.17. The number of halogens is 1. The molecule has 4 aliphatic rings. The van der Waals surface area contributed by atoms with Crippen LogP contribution >= 0.6 is 11.6 Å². The van der Waals surface area contributed by atoms with Crippen molar-refractivity contribution in [2.75, 3.05) is 0 Å². The van der Waals surface area contributed by atoms with Gasteiger partial charge in [-0.2, -0.15) is 0 Å². The van der Waals surface area contributed by atoms with Crippen LogP contribution in [0, 0.1) is 16.7 Å². The van der Waals surface area contributed by atoms with E-state index in [1.165, 1.54) is 29.9 Å². The molecule has 21 heavy (non-hydrogen) atoms. The summed E-state index contributed by atoms with van der Waals surface area (Å²) >= 11 is 5.82. The molecule has 4 aliphatic carbocycles. The number of aromatic nitrogens is 2. The summed E-state index contributed by atoms with van der Waals surface area (Å²) in [5, 5.41) is 0.128. The Morgan fingerprint density at radius 2 is 1.76 bits per heavy atom. The van der Waals surface area contributed by atoms with Gasteiger partial charge in [0, 0.05) is 6.07 Å². The highest BCUT2D eigenvalue weighted by molar-refractivity contribution is 6.29. The number of hydrogen-bond acceptors (Lipinski definition) is 2. The van der Waals surface area contributed by atoms with E-state index in [1.54, 1.807) is 0 Å². The van der Waals surface area contributed by atoms with Gasteiger partial charge in [-0.25, -0.2) is 4.79 Å². The molecule has 4 bridgehead atoms. The van der Waals surface area contributed by atoms with Crippen LogP contribution in [0.15, 0.2) is 15.7 Å². The minimum absolute atomic E-state index is 0.128. The topological polar surface area (TPSA) is 54.9 Å². The Bertz CT molecular complexity index is 685. The van der Waals surface area contributed by atoms with E-state index in [-0.39, 0.29) is 32.8 Å². The van der Waals surface area contributed by atoms with Gasteiger partial charge in [-0.15, -0.1) is 0 Å². The molecule has 5 rings (SSSR count). The van der Waals surface area contributed by atoms with Gasteiger partial charge in [-0.1, -0.05) is 25.4 Å². The summed E-state index contributed by atoms with van der Waals surface area (Å²) in [6.07, 6.45) is 6.55. The zero-order valence-corrected chi connectivity index (χ0v) is 13.3. The zero-order valence-electron chi connectivity index (χ0n) is 12.5. The third kappa shape index (κ3) is 1.88. The number of hydrogen-bond donors (Lipinski definition) is 1. The quantitative estimate of drug-likeness (QED) is 0.811. The van der Waals surface area contributed by atoms with Crippen LogP contribution in [0.25, 0.3) is 0 Å². The summed E-state index contributed by atoms with van der Waals surface area (Å²) in [6.45, 7) is 4.67. The summed E-state index contributed by atoms with van der Waals surface area (Å²) < 4.78 is 1.49. The summed E-state index contributed by atoms with van der Waals surface area (Å²) in [5.74, 6) is 0.637. The van der Waals surface area contributed by atoms with Crippen LogP contribution in [-0.2, 0) is 5.54 Å². The Balaban J connectivity index is 1.93. The molecule has 0 amide bonds. The predicted octanol–water partition coefficient (Wildman–Crippen LogP) is 2.90. The molecule has 0 aliphatic heterocycles. The van der Waals surface area contributed by atoms with Gasteiger partial charge in [0.05, 0.1) is 5.54 Å². The lowest BCUT2D eigenvalue weighted by Gasteiger charge is -2.65. The number of H-pyrrole nitrogens is 1. The number of nitrogens with one attached hydrogen (secondary N) is 1. The van der Waals surface area contributed by atoms with Gasteiger partial charge in [-0.05, 0) is 55.3 Å². The zero-order chi connectivity index (χ0) is 15.0. The maximum atomic E-state index is 12.4. The Morgan fingerprint density at radius 1 is 1.14 bits per heavy atom. The van der Waals surface area contributed by atoms with Crippen molar-refractivity contribution < 1.29 is 0 Å². The molecule has 4 fully saturated rings. The number of rotatable bonds is 1. The van der Waals surface area contributed by atoms with E-state index in [1.807, 2.05) is 0 Å². The largest absolute Gasteiger partial charge is 0.329 e. The Morgan fingerprint density at radius 3 is 2.29 bits per heavy atom. The maximum absolute atomic E-state index is 12.4. The maximum Gasteiger partial charge on any atom is 0.329 e. The highest BCUT2D eigenvalue weighted by Crippen LogP contribution is 2.68. The van der Waals surface area contributed by atoms with Crippen LogP contribution < -0.4 is 11.2 Å². The van der Waals surface area contributed by atoms with E-state index < -0.39 is 0 Å². The molecular weight excluding hydrogens is 288 g/mol. The lowest BCUT2D eigenvalue weighted by Crippen LogP contribution is -2.63. The summed E-state index contributed by atoms with van der Waals surface area (Å²) in [6, 6.07) is 1.34. The van der Waals surface area contributed by atoms with Crippen LogP contribution in [0.4, 0.5) is 0 Å². The van der Waals surface area contributed by atoms with E-state index in [0.717, 1.165) is 19.3 Å². The smallest absolute Gasteiger partial charge is 0.298 e. The molecule has 0 saturated heterocycles. The predicted molar refractivity (Wildman–Crippen MR) is 81.7 cm³/mol. The SMILES string of the molecule is CC12CC3CC(C)(C1)CC(n1c(=O)cc(Cl)[nH]c1=O)(C3)C2. The average Bonchev–Trinajstić information content (AvgIpc) is 2.20. The van der Waals surface area contributed by atoms with E-state index >= 15 is 0 Å². The van der Waals surface area contributed by atoms with Crippen molar-refractivity contribution in [1.82, 2.24) is 9.55 Å². The van der Waals surface area contributed by atoms with Gasteiger partial charge in [0.25, 0.3) is 5.56 Å². The highest BCUT2D eigenvalue weighted by atomic mass is 35.5. The molecule has 5 heteroatoms. The van der Waals surface area contributed by atoms with E-state index in [0.29, 0.717) is 5.92 Å². The fourth-order valence-electron chi connectivity index (χ4n) is 6.55. The normalized spacial score (nSPS) is 44.2. The first kappa shape index (κ1) is 13.6. The second-order valence-electron chi connectivity index (χ2n) is 8.45. The van der Waals surface area contributed by atoms with Crippen LogP contribution in [0.3, 0.4) is 0 Å². The molecule has 4 saturated carbocycles. The molecule has 0 spiro atoms. The molecule has 114 valence electrons. The van der Waals surface area contributed by atoms with Gasteiger partial charge in [-0.3, -0.25) is 14.3 Å². The van der Waals surface area contributed by atoms with Crippen LogP contribution in [0.5, 0.6) is 0 Å². The Kier molecular flexibility index (Phi) is 2.49. The molecule has 0 aromatic carbocycles. The number of aromatic amines is 1. The van der Waals surface area contributed by atoms with E-state index in [9.17, 15) is 9.59 Å². The second-order valence-corrected chi connectivity index (χ2v) is 8.86. The lowest BCUT2D eigenvalue weighted by atomic mass is 9.42. The van der Waals surface area contributed by atoms with Crippen LogP contribution in [0.2, 0.25) is 5.15 Å². The van der Waals surface area contributed by atoms with Crippen molar-refractivity contribution in [3.8, 4) is 0 Å². The molecule has 1 aromatic rings. The highest BCUT2D eigenvalue weighted by Gasteiger charge is 2.61. The van der Waals surface area contributed by atoms with E-state index in [4.69, 9.17) is 11.6 Å². The summed E-state index contributed by atoms with van der Waals surface area (Å²) in [4.78, 5) is 27.5. The fraction of sp³-hybridized carbons (Fsp3) is 0.750. The lowest BCUT2D eigenvalue weighted by molar-refractivity contribution is -0.138. The number of nitrogens with zero attached hydrogens (tertiary/aromatic N) is 1. The van der Waals surface area contributed by atoms with Gasteiger partial charge in [0.2, 0.25) is 0 Å². The van der Waals surface area contributed by atoms with Crippen molar-refractivity contribution in [2.45, 2.75) is 57.9 Å². The Hall–Kier alpha value is -1.03. The first-order valence-electron chi connectivity index (χ1n) is 7.75. The third-order valence-electron chi connectivity index (χ3n) is 5.97. The van der Waals surface area contributed by atoms with Crippen molar-refractivity contribution in [2.24, 2.45) is 16.7 Å². The van der Waals surface area contributed by atoms with Crippen molar-refractivity contribution in [3.63, 3.8) is 0 Å². The average molecular weight is 309 g/mol. The molecule has 2 atom stereocenters. The standard InChI is InChI=1S/C16H21ClN2O2/c1-14-4-10-5-15(2,7-14)9-16(6-10,8-14)19-12(20)3-11(17)18-13(19)21/h3,10H,4-9H2,1-2H3,(H,18,21). The molecule has 1 N–H and O–H groups in total. The molecule has 1 heterocycles. The van der Waals surface area contributed by atoms with Crippen molar-refractivity contribution >= 4 is 11.6 Å². The van der Waals surface area contributed by atoms with Gasteiger partial charge in [0.15, 0.2) is 0 Å². The molecular formula is C16H21ClN2O2. The van der Waals surface area contributed by atoms with Crippen LogP contribution in [0.1, 0.15) is 52.4 Å². The van der Waals surface area contributed by atoms with Crippen molar-refractivity contribution in [1.29, 1.82) is 0 Å². The first-order chi connectivity index (χ1) is 9.73. The monoisotopic (exact) mass is 308 g/mol. The Labute approximate surface area is 128 Å². The minimum Gasteiger partial charge on any atom is -0.298 e. The second kappa shape index (κ2) is 3.83.